The summed E-state index contributed by atoms with van der Waals surface area (Å²) < 4.78 is 0. The van der Waals surface area contributed by atoms with Crippen molar-refractivity contribution in [1.82, 2.24) is 10.6 Å². The number of aliphatic hydroxyl groups excluding tert-OH is 1. The maximum atomic E-state index is 13.5. The lowest BCUT2D eigenvalue weighted by atomic mass is 10.00. The maximum absolute atomic E-state index is 13.5. The number of hydrogen-bond donors (Lipinski definition) is 4. The van der Waals surface area contributed by atoms with E-state index in [1.165, 1.54) is 11.1 Å². The number of rotatable bonds is 14. The van der Waals surface area contributed by atoms with Crippen LogP contribution in [0.15, 0.2) is 72.8 Å². The topological polar surface area (TPSA) is 93.7 Å². The van der Waals surface area contributed by atoms with Gasteiger partial charge in [-0.15, -0.1) is 0 Å². The standard InChI is InChI=1S/C33H42N4O3/c1-3-35-28-20-27(21-29(22-28)37-18-8-12-32(37)39)33(40)36-30(19-26-9-5-4-6-10-26)31(38)23-34-17-7-11-25-15-13-24(2)14-16-25/h4-6,9-10,13-16,20-22,30-31,34-35,38H,3,7-8,11-12,17-19,23H2,1-2H3,(H,36,40)/t30-,31+/m0/s1. The molecule has 0 spiro atoms. The Bertz CT molecular complexity index is 1250. The van der Waals surface area contributed by atoms with Gasteiger partial charge < -0.3 is 26.0 Å². The number of benzene rings is 3. The van der Waals surface area contributed by atoms with Gasteiger partial charge in [0, 0.05) is 43.0 Å². The second-order valence-electron chi connectivity index (χ2n) is 10.6. The molecule has 1 fully saturated rings. The molecule has 1 heterocycles. The van der Waals surface area contributed by atoms with Gasteiger partial charge >= 0.3 is 0 Å². The molecular weight excluding hydrogens is 500 g/mol. The molecular formula is C33H42N4O3. The van der Waals surface area contributed by atoms with Crippen molar-refractivity contribution in [2.75, 3.05) is 36.4 Å². The molecule has 1 saturated heterocycles. The number of carbonyl (C=O) groups is 2. The highest BCUT2D eigenvalue weighted by atomic mass is 16.3. The molecule has 1 aliphatic heterocycles. The number of carbonyl (C=O) groups excluding carboxylic acids is 2. The van der Waals surface area contributed by atoms with E-state index in [4.69, 9.17) is 0 Å². The lowest BCUT2D eigenvalue weighted by Crippen LogP contribution is -2.49. The summed E-state index contributed by atoms with van der Waals surface area (Å²) in [6.45, 7) is 6.58. The van der Waals surface area contributed by atoms with Gasteiger partial charge in [-0.2, -0.15) is 0 Å². The van der Waals surface area contributed by atoms with Crippen LogP contribution >= 0.6 is 0 Å². The third kappa shape index (κ3) is 8.41. The fourth-order valence-electron chi connectivity index (χ4n) is 5.09. The number of aliphatic hydroxyl groups is 1. The zero-order chi connectivity index (χ0) is 28.3. The Morgan fingerprint density at radius 3 is 2.50 bits per heavy atom. The molecule has 3 aromatic rings. The van der Waals surface area contributed by atoms with Gasteiger partial charge in [-0.05, 0) is 75.4 Å². The van der Waals surface area contributed by atoms with Gasteiger partial charge in [-0.3, -0.25) is 9.59 Å². The molecule has 40 heavy (non-hydrogen) atoms. The van der Waals surface area contributed by atoms with Crippen LogP contribution in [0.4, 0.5) is 11.4 Å². The first kappa shape index (κ1) is 29.3. The van der Waals surface area contributed by atoms with E-state index in [2.05, 4.69) is 47.1 Å². The van der Waals surface area contributed by atoms with Crippen molar-refractivity contribution in [3.05, 3.63) is 95.1 Å². The summed E-state index contributed by atoms with van der Waals surface area (Å²) in [7, 11) is 0. The van der Waals surface area contributed by atoms with Crippen LogP contribution in [0.1, 0.15) is 53.2 Å². The van der Waals surface area contributed by atoms with Gasteiger partial charge in [-0.25, -0.2) is 0 Å². The molecule has 7 heteroatoms. The molecule has 0 aliphatic carbocycles. The van der Waals surface area contributed by atoms with E-state index in [1.54, 1.807) is 17.0 Å². The van der Waals surface area contributed by atoms with E-state index in [9.17, 15) is 14.7 Å². The predicted octanol–water partition coefficient (Wildman–Crippen LogP) is 4.48. The first-order valence-corrected chi connectivity index (χ1v) is 14.4. The van der Waals surface area contributed by atoms with Gasteiger partial charge in [0.2, 0.25) is 5.91 Å². The largest absolute Gasteiger partial charge is 0.390 e. The third-order valence-electron chi connectivity index (χ3n) is 7.32. The number of anilines is 2. The van der Waals surface area contributed by atoms with E-state index in [1.807, 2.05) is 43.3 Å². The van der Waals surface area contributed by atoms with E-state index in [0.717, 1.165) is 42.7 Å². The second-order valence-corrected chi connectivity index (χ2v) is 10.6. The molecule has 4 rings (SSSR count). The van der Waals surface area contributed by atoms with Crippen molar-refractivity contribution in [3.63, 3.8) is 0 Å². The Kier molecular flexibility index (Phi) is 10.7. The fourth-order valence-corrected chi connectivity index (χ4v) is 5.09. The van der Waals surface area contributed by atoms with Crippen LogP contribution in [0.2, 0.25) is 0 Å². The molecule has 0 saturated carbocycles. The minimum Gasteiger partial charge on any atom is -0.390 e. The smallest absolute Gasteiger partial charge is 0.251 e. The molecule has 2 amide bonds. The quantitative estimate of drug-likeness (QED) is 0.226. The first-order valence-electron chi connectivity index (χ1n) is 14.4. The van der Waals surface area contributed by atoms with Crippen molar-refractivity contribution in [1.29, 1.82) is 0 Å². The zero-order valence-corrected chi connectivity index (χ0v) is 23.7. The second kappa shape index (κ2) is 14.6. The van der Waals surface area contributed by atoms with Gasteiger partial charge in [-0.1, -0.05) is 60.2 Å². The van der Waals surface area contributed by atoms with E-state index in [0.29, 0.717) is 38.0 Å². The average molecular weight is 543 g/mol. The van der Waals surface area contributed by atoms with Gasteiger partial charge in [0.05, 0.1) is 12.1 Å². The summed E-state index contributed by atoms with van der Waals surface area (Å²) in [5.74, 6) is -0.196. The number of nitrogens with zero attached hydrogens (tertiary/aromatic N) is 1. The molecule has 0 unspecified atom stereocenters. The van der Waals surface area contributed by atoms with Gasteiger partial charge in [0.15, 0.2) is 0 Å². The highest BCUT2D eigenvalue weighted by molar-refractivity contribution is 6.00. The fraction of sp³-hybridized carbons (Fsp3) is 0.394. The Morgan fingerprint density at radius 2 is 1.80 bits per heavy atom. The van der Waals surface area contributed by atoms with Crippen LogP contribution in [0.25, 0.3) is 0 Å². The molecule has 0 aromatic heterocycles. The summed E-state index contributed by atoms with van der Waals surface area (Å²) >= 11 is 0. The van der Waals surface area contributed by atoms with Crippen LogP contribution in [-0.2, 0) is 17.6 Å². The van der Waals surface area contributed by atoms with Crippen molar-refractivity contribution in [3.8, 4) is 0 Å². The lowest BCUT2D eigenvalue weighted by Gasteiger charge is -2.25. The van der Waals surface area contributed by atoms with Crippen LogP contribution in [0.5, 0.6) is 0 Å². The first-order chi connectivity index (χ1) is 19.4. The Labute approximate surface area is 238 Å². The van der Waals surface area contributed by atoms with Crippen molar-refractivity contribution >= 4 is 23.2 Å². The van der Waals surface area contributed by atoms with E-state index < -0.39 is 12.1 Å². The Morgan fingerprint density at radius 1 is 1.02 bits per heavy atom. The molecule has 4 N–H and O–H groups in total. The highest BCUT2D eigenvalue weighted by Gasteiger charge is 2.25. The Hall–Kier alpha value is -3.68. The summed E-state index contributed by atoms with van der Waals surface area (Å²) in [4.78, 5) is 27.7. The normalized spacial score (nSPS) is 14.7. The lowest BCUT2D eigenvalue weighted by molar-refractivity contribution is -0.117. The maximum Gasteiger partial charge on any atom is 0.251 e. The number of nitrogens with one attached hydrogen (secondary N) is 3. The minimum absolute atomic E-state index is 0.0748. The zero-order valence-electron chi connectivity index (χ0n) is 23.7. The summed E-state index contributed by atoms with van der Waals surface area (Å²) in [6.07, 6.45) is 2.99. The molecule has 212 valence electrons. The Balaban J connectivity index is 1.42. The SMILES string of the molecule is CCNc1cc(C(=O)N[C@@H](Cc2ccccc2)[C@H](O)CNCCCc2ccc(C)cc2)cc(N2CCCC2=O)c1. The third-order valence-corrected chi connectivity index (χ3v) is 7.32. The van der Waals surface area contributed by atoms with Gasteiger partial charge in [0.25, 0.3) is 5.91 Å². The summed E-state index contributed by atoms with van der Waals surface area (Å²) in [5, 5.41) is 20.9. The number of hydrogen-bond acceptors (Lipinski definition) is 5. The predicted molar refractivity (Wildman–Crippen MR) is 162 cm³/mol. The van der Waals surface area contributed by atoms with Crippen LogP contribution in [0.3, 0.4) is 0 Å². The number of amides is 2. The molecule has 1 aliphatic rings. The van der Waals surface area contributed by atoms with Crippen LogP contribution in [-0.4, -0.2) is 55.2 Å². The summed E-state index contributed by atoms with van der Waals surface area (Å²) in [5.41, 5.74) is 5.57. The van der Waals surface area contributed by atoms with Crippen LogP contribution < -0.4 is 20.9 Å². The number of aryl methyl sites for hydroxylation is 2. The van der Waals surface area contributed by atoms with E-state index >= 15 is 0 Å². The van der Waals surface area contributed by atoms with Crippen LogP contribution in [0, 0.1) is 6.92 Å². The van der Waals surface area contributed by atoms with E-state index in [-0.39, 0.29) is 11.8 Å². The van der Waals surface area contributed by atoms with Gasteiger partial charge in [0.1, 0.15) is 0 Å². The molecule has 7 nitrogen and oxygen atoms in total. The molecule has 3 aromatic carbocycles. The highest BCUT2D eigenvalue weighted by Crippen LogP contribution is 2.27. The van der Waals surface area contributed by atoms with Crippen molar-refractivity contribution < 1.29 is 14.7 Å². The molecule has 0 bridgehead atoms. The summed E-state index contributed by atoms with van der Waals surface area (Å²) in [6, 6.07) is 23.5. The minimum atomic E-state index is -0.778. The molecule has 2 atom stereocenters. The average Bonchev–Trinajstić information content (AvgIpc) is 3.39. The van der Waals surface area contributed by atoms with Crippen molar-refractivity contribution in [2.24, 2.45) is 0 Å². The molecule has 0 radical (unpaired) electrons. The van der Waals surface area contributed by atoms with Crippen molar-refractivity contribution in [2.45, 2.75) is 58.1 Å². The monoisotopic (exact) mass is 542 g/mol.